The third-order valence-corrected chi connectivity index (χ3v) is 2.96. The van der Waals surface area contributed by atoms with Crippen LogP contribution in [0.15, 0.2) is 24.3 Å². The Morgan fingerprint density at radius 2 is 1.62 bits per heavy atom. The van der Waals surface area contributed by atoms with Gasteiger partial charge in [0.25, 0.3) is 0 Å². The summed E-state index contributed by atoms with van der Waals surface area (Å²) in [7, 11) is 4.90. The lowest BCUT2D eigenvalue weighted by Crippen LogP contribution is -2.37. The molecule has 6 heteroatoms. The largest absolute Gasteiger partial charge is 0.497 e. The lowest BCUT2D eigenvalue weighted by molar-refractivity contribution is -0.117. The zero-order valence-electron chi connectivity index (χ0n) is 12.9. The number of rotatable bonds is 10. The Balaban J connectivity index is 2.47. The first-order valence-electron chi connectivity index (χ1n) is 6.83. The maximum absolute atomic E-state index is 12.0. The van der Waals surface area contributed by atoms with Crippen molar-refractivity contribution in [3.05, 3.63) is 24.3 Å². The molecule has 0 aliphatic rings. The van der Waals surface area contributed by atoms with Gasteiger partial charge < -0.3 is 19.5 Å². The molecule has 0 saturated carbocycles. The van der Waals surface area contributed by atoms with Crippen LogP contribution in [0.3, 0.4) is 0 Å². The van der Waals surface area contributed by atoms with Crippen molar-refractivity contribution in [1.29, 1.82) is 0 Å². The molecule has 1 N–H and O–H groups in total. The van der Waals surface area contributed by atoms with Crippen molar-refractivity contribution in [2.24, 2.45) is 0 Å². The highest BCUT2D eigenvalue weighted by Gasteiger charge is 2.10. The number of hydrogen-bond donors (Lipinski definition) is 1. The molecule has 0 unspecified atom stereocenters. The minimum atomic E-state index is -0.0626. The molecule has 0 aromatic heterocycles. The molecule has 1 aromatic rings. The maximum Gasteiger partial charge on any atom is 0.238 e. The van der Waals surface area contributed by atoms with Crippen LogP contribution in [0, 0.1) is 0 Å². The van der Waals surface area contributed by atoms with Crippen molar-refractivity contribution in [3.63, 3.8) is 0 Å². The summed E-state index contributed by atoms with van der Waals surface area (Å²) < 4.78 is 15.2. The van der Waals surface area contributed by atoms with Crippen LogP contribution in [0.4, 0.5) is 5.69 Å². The van der Waals surface area contributed by atoms with E-state index in [0.29, 0.717) is 32.8 Å². The predicted octanol–water partition coefficient (Wildman–Crippen LogP) is 1.23. The third kappa shape index (κ3) is 7.08. The second-order valence-corrected chi connectivity index (χ2v) is 4.54. The van der Waals surface area contributed by atoms with Crippen molar-refractivity contribution >= 4 is 11.6 Å². The number of amides is 1. The molecule has 0 heterocycles. The van der Waals surface area contributed by atoms with Gasteiger partial charge >= 0.3 is 0 Å². The fourth-order valence-corrected chi connectivity index (χ4v) is 1.79. The van der Waals surface area contributed by atoms with Gasteiger partial charge in [-0.15, -0.1) is 0 Å². The van der Waals surface area contributed by atoms with Crippen molar-refractivity contribution in [1.82, 2.24) is 4.90 Å². The summed E-state index contributed by atoms with van der Waals surface area (Å²) in [5, 5.41) is 2.86. The summed E-state index contributed by atoms with van der Waals surface area (Å²) in [6.45, 7) is 2.85. The number of nitrogens with zero attached hydrogens (tertiary/aromatic N) is 1. The molecule has 21 heavy (non-hydrogen) atoms. The Labute approximate surface area is 126 Å². The van der Waals surface area contributed by atoms with Gasteiger partial charge in [-0.05, 0) is 24.3 Å². The number of hydrogen-bond acceptors (Lipinski definition) is 5. The molecule has 118 valence electrons. The lowest BCUT2D eigenvalue weighted by Gasteiger charge is -2.20. The molecule has 6 nitrogen and oxygen atoms in total. The van der Waals surface area contributed by atoms with Gasteiger partial charge in [0, 0.05) is 33.0 Å². The molecule has 1 rings (SSSR count). The molecule has 0 bridgehead atoms. The summed E-state index contributed by atoms with van der Waals surface area (Å²) in [5.74, 6) is 0.696. The summed E-state index contributed by atoms with van der Waals surface area (Å²) in [5.41, 5.74) is 0.749. The lowest BCUT2D eigenvalue weighted by atomic mass is 10.3. The van der Waals surface area contributed by atoms with E-state index in [2.05, 4.69) is 5.32 Å². The van der Waals surface area contributed by atoms with Crippen LogP contribution in [0.2, 0.25) is 0 Å². The number of benzene rings is 1. The van der Waals surface area contributed by atoms with Crippen molar-refractivity contribution in [3.8, 4) is 5.75 Å². The van der Waals surface area contributed by atoms with Crippen LogP contribution >= 0.6 is 0 Å². The molecule has 0 atom stereocenters. The van der Waals surface area contributed by atoms with Gasteiger partial charge in [-0.3, -0.25) is 9.69 Å². The molecule has 0 aliphatic carbocycles. The number of methoxy groups -OCH3 is 3. The monoisotopic (exact) mass is 296 g/mol. The van der Waals surface area contributed by atoms with Gasteiger partial charge in [-0.1, -0.05) is 0 Å². The highest BCUT2D eigenvalue weighted by atomic mass is 16.5. The van der Waals surface area contributed by atoms with E-state index in [4.69, 9.17) is 14.2 Å². The van der Waals surface area contributed by atoms with Gasteiger partial charge in [0.2, 0.25) is 5.91 Å². The minimum Gasteiger partial charge on any atom is -0.497 e. The van der Waals surface area contributed by atoms with Gasteiger partial charge in [-0.25, -0.2) is 0 Å². The van der Waals surface area contributed by atoms with Crippen LogP contribution in [-0.4, -0.2) is 65.0 Å². The van der Waals surface area contributed by atoms with Crippen molar-refractivity contribution in [2.45, 2.75) is 0 Å². The summed E-state index contributed by atoms with van der Waals surface area (Å²) in [6, 6.07) is 7.24. The topological polar surface area (TPSA) is 60.0 Å². The molecule has 1 aromatic carbocycles. The van der Waals surface area contributed by atoms with Gasteiger partial charge in [0.05, 0.1) is 26.9 Å². The number of ether oxygens (including phenoxy) is 3. The predicted molar refractivity (Wildman–Crippen MR) is 81.8 cm³/mol. The van der Waals surface area contributed by atoms with E-state index < -0.39 is 0 Å². The van der Waals surface area contributed by atoms with Crippen LogP contribution < -0.4 is 10.1 Å². The fourth-order valence-electron chi connectivity index (χ4n) is 1.79. The first-order valence-corrected chi connectivity index (χ1v) is 6.83. The molecular formula is C15H24N2O4. The maximum atomic E-state index is 12.0. The molecule has 0 spiro atoms. The summed E-state index contributed by atoms with van der Waals surface area (Å²) >= 11 is 0. The summed E-state index contributed by atoms with van der Waals surface area (Å²) in [4.78, 5) is 14.0. The molecule has 0 fully saturated rings. The van der Waals surface area contributed by atoms with Crippen molar-refractivity contribution < 1.29 is 19.0 Å². The van der Waals surface area contributed by atoms with E-state index in [0.717, 1.165) is 11.4 Å². The van der Waals surface area contributed by atoms with E-state index in [1.165, 1.54) is 0 Å². The highest BCUT2D eigenvalue weighted by molar-refractivity contribution is 5.92. The Kier molecular flexibility index (Phi) is 8.42. The first-order chi connectivity index (χ1) is 10.2. The van der Waals surface area contributed by atoms with Gasteiger partial charge in [0.1, 0.15) is 5.75 Å². The standard InChI is InChI=1S/C15H24N2O4/c1-19-10-8-17(9-11-20-2)12-15(18)16-13-4-6-14(21-3)7-5-13/h4-7H,8-12H2,1-3H3,(H,16,18). The fraction of sp³-hybridized carbons (Fsp3) is 0.533. The average Bonchev–Trinajstić information content (AvgIpc) is 2.50. The second kappa shape index (κ2) is 10.1. The van der Waals surface area contributed by atoms with E-state index in [9.17, 15) is 4.79 Å². The van der Waals surface area contributed by atoms with Crippen LogP contribution in [0.1, 0.15) is 0 Å². The zero-order chi connectivity index (χ0) is 15.5. The Morgan fingerprint density at radius 1 is 1.05 bits per heavy atom. The number of nitrogens with one attached hydrogen (secondary N) is 1. The average molecular weight is 296 g/mol. The zero-order valence-corrected chi connectivity index (χ0v) is 12.9. The SMILES string of the molecule is COCCN(CCOC)CC(=O)Nc1ccc(OC)cc1. The van der Waals surface area contributed by atoms with Crippen LogP contribution in [0.25, 0.3) is 0 Å². The van der Waals surface area contributed by atoms with Gasteiger partial charge in [-0.2, -0.15) is 0 Å². The molecule has 0 saturated heterocycles. The number of anilines is 1. The van der Waals surface area contributed by atoms with Crippen molar-refractivity contribution in [2.75, 3.05) is 59.5 Å². The van der Waals surface area contributed by atoms with E-state index in [1.54, 1.807) is 21.3 Å². The Bertz CT molecular complexity index is 401. The Morgan fingerprint density at radius 3 is 2.10 bits per heavy atom. The second-order valence-electron chi connectivity index (χ2n) is 4.54. The minimum absolute atomic E-state index is 0.0626. The van der Waals surface area contributed by atoms with Gasteiger partial charge in [0.15, 0.2) is 0 Å². The number of carbonyl (C=O) groups excluding carboxylic acids is 1. The van der Waals surface area contributed by atoms with Crippen LogP contribution in [0.5, 0.6) is 5.75 Å². The normalized spacial score (nSPS) is 10.7. The third-order valence-electron chi connectivity index (χ3n) is 2.96. The number of carbonyl (C=O) groups is 1. The first kappa shape index (κ1) is 17.4. The van der Waals surface area contributed by atoms with Crippen LogP contribution in [-0.2, 0) is 14.3 Å². The smallest absolute Gasteiger partial charge is 0.238 e. The molecule has 0 aliphatic heterocycles. The van der Waals surface area contributed by atoms with E-state index in [1.807, 2.05) is 29.2 Å². The summed E-state index contributed by atoms with van der Waals surface area (Å²) in [6.07, 6.45) is 0. The molecule has 0 radical (unpaired) electrons. The van der Waals surface area contributed by atoms with E-state index in [-0.39, 0.29) is 5.91 Å². The molecular weight excluding hydrogens is 272 g/mol. The highest BCUT2D eigenvalue weighted by Crippen LogP contribution is 2.14. The quantitative estimate of drug-likeness (QED) is 0.703. The van der Waals surface area contributed by atoms with E-state index >= 15 is 0 Å². The molecule has 1 amide bonds. The Hall–Kier alpha value is -1.63.